The minimum Gasteiger partial charge on any atom is -0.480 e. The van der Waals surface area contributed by atoms with E-state index >= 15 is 0 Å². The van der Waals surface area contributed by atoms with E-state index in [0.29, 0.717) is 57.8 Å². The molecule has 0 radical (unpaired) electrons. The van der Waals surface area contributed by atoms with Gasteiger partial charge in [-0.15, -0.1) is 11.3 Å². The van der Waals surface area contributed by atoms with Crippen LogP contribution >= 0.6 is 11.3 Å². The lowest BCUT2D eigenvalue weighted by molar-refractivity contribution is 0.0943. The quantitative estimate of drug-likeness (QED) is 0.410. The van der Waals surface area contributed by atoms with Crippen molar-refractivity contribution >= 4 is 39.1 Å². The molecule has 0 aliphatic rings. The molecule has 0 bridgehead atoms. The summed E-state index contributed by atoms with van der Waals surface area (Å²) in [5, 5.41) is 6.43. The number of hydrogen-bond donors (Lipinski definition) is 2. The number of ether oxygens (including phenoxy) is 3. The molecule has 0 aliphatic carbocycles. The number of rotatable bonds is 11. The second kappa shape index (κ2) is 11.7. The predicted octanol–water partition coefficient (Wildman–Crippen LogP) is 3.56. The van der Waals surface area contributed by atoms with Crippen LogP contribution in [0.4, 0.5) is 5.69 Å². The Balaban J connectivity index is 1.75. The highest BCUT2D eigenvalue weighted by molar-refractivity contribution is 7.20. The fraction of sp³-hybridized carbons (Fsp3) is 0.391. The molecule has 2 aromatic heterocycles. The van der Waals surface area contributed by atoms with Crippen LogP contribution in [0.5, 0.6) is 5.88 Å². The monoisotopic (exact) mass is 472 g/mol. The Hall–Kier alpha value is -3.08. The third kappa shape index (κ3) is 6.04. The summed E-state index contributed by atoms with van der Waals surface area (Å²) in [5.74, 6) is 0.393. The van der Waals surface area contributed by atoms with Crippen LogP contribution in [0.25, 0.3) is 10.2 Å². The normalized spacial score (nSPS) is 10.9. The highest BCUT2D eigenvalue weighted by Crippen LogP contribution is 2.35. The van der Waals surface area contributed by atoms with Crippen LogP contribution in [-0.4, -0.2) is 55.8 Å². The number of carbonyl (C=O) groups is 2. The van der Waals surface area contributed by atoms with E-state index in [-0.39, 0.29) is 18.4 Å². The van der Waals surface area contributed by atoms with Gasteiger partial charge in [-0.1, -0.05) is 6.07 Å². The van der Waals surface area contributed by atoms with Crippen molar-refractivity contribution in [2.45, 2.75) is 26.9 Å². The maximum absolute atomic E-state index is 13.0. The molecule has 0 atom stereocenters. The zero-order chi connectivity index (χ0) is 23.8. The van der Waals surface area contributed by atoms with Crippen LogP contribution < -0.4 is 15.4 Å². The summed E-state index contributed by atoms with van der Waals surface area (Å²) in [6, 6.07) is 6.82. The first-order valence-electron chi connectivity index (χ1n) is 10.6. The van der Waals surface area contributed by atoms with Crippen LogP contribution in [0.1, 0.15) is 44.8 Å². The fourth-order valence-corrected chi connectivity index (χ4v) is 4.34. The number of hydrogen-bond acceptors (Lipinski definition) is 8. The minimum atomic E-state index is -0.292. The number of aryl methyl sites for hydroxylation is 1. The van der Waals surface area contributed by atoms with Crippen molar-refractivity contribution in [3.8, 4) is 5.88 Å². The number of thiophene rings is 1. The maximum atomic E-state index is 13.0. The van der Waals surface area contributed by atoms with Gasteiger partial charge in [-0.2, -0.15) is 4.98 Å². The molecule has 3 rings (SSSR count). The second-order valence-electron chi connectivity index (χ2n) is 7.16. The summed E-state index contributed by atoms with van der Waals surface area (Å²) in [6.07, 6.45) is 0.736. The summed E-state index contributed by atoms with van der Waals surface area (Å²) in [4.78, 5) is 35.5. The van der Waals surface area contributed by atoms with E-state index in [2.05, 4.69) is 20.6 Å². The SMILES string of the molecule is CCOCCCNC(=O)c1cccc(NC(=O)c2sc3nc(COC)nc(OC)c3c2C)c1. The molecule has 0 unspecified atom stereocenters. The lowest BCUT2D eigenvalue weighted by Crippen LogP contribution is -2.25. The number of anilines is 1. The van der Waals surface area contributed by atoms with Crippen molar-refractivity contribution in [2.75, 3.05) is 39.3 Å². The van der Waals surface area contributed by atoms with Gasteiger partial charge < -0.3 is 24.8 Å². The molecule has 33 heavy (non-hydrogen) atoms. The zero-order valence-corrected chi connectivity index (χ0v) is 20.0. The van der Waals surface area contributed by atoms with Crippen molar-refractivity contribution in [1.29, 1.82) is 0 Å². The Morgan fingerprint density at radius 3 is 2.70 bits per heavy atom. The molecule has 0 spiro atoms. The lowest BCUT2D eigenvalue weighted by Gasteiger charge is -2.08. The van der Waals surface area contributed by atoms with Crippen molar-refractivity contribution in [1.82, 2.24) is 15.3 Å². The topological polar surface area (TPSA) is 112 Å². The molecule has 9 nitrogen and oxygen atoms in total. The highest BCUT2D eigenvalue weighted by atomic mass is 32.1. The molecule has 2 heterocycles. The first-order chi connectivity index (χ1) is 16.0. The third-order valence-electron chi connectivity index (χ3n) is 4.81. The van der Waals surface area contributed by atoms with E-state index in [0.717, 1.165) is 12.0 Å². The van der Waals surface area contributed by atoms with Gasteiger partial charge in [0.2, 0.25) is 5.88 Å². The fourth-order valence-electron chi connectivity index (χ4n) is 3.25. The molecule has 0 aliphatic heterocycles. The summed E-state index contributed by atoms with van der Waals surface area (Å²) in [7, 11) is 3.09. The summed E-state index contributed by atoms with van der Waals surface area (Å²) < 4.78 is 15.8. The van der Waals surface area contributed by atoms with Gasteiger partial charge in [0.15, 0.2) is 5.82 Å². The molecular weight excluding hydrogens is 444 g/mol. The molecule has 2 N–H and O–H groups in total. The minimum absolute atomic E-state index is 0.202. The Labute approximate surface area is 196 Å². The average Bonchev–Trinajstić information content (AvgIpc) is 3.15. The van der Waals surface area contributed by atoms with Crippen LogP contribution in [-0.2, 0) is 16.1 Å². The first-order valence-corrected chi connectivity index (χ1v) is 11.4. The summed E-state index contributed by atoms with van der Waals surface area (Å²) >= 11 is 1.26. The van der Waals surface area contributed by atoms with Crippen molar-refractivity contribution in [2.24, 2.45) is 0 Å². The van der Waals surface area contributed by atoms with Crippen molar-refractivity contribution in [3.05, 3.63) is 46.1 Å². The molecule has 0 saturated heterocycles. The molecule has 10 heteroatoms. The van der Waals surface area contributed by atoms with E-state index < -0.39 is 0 Å². The van der Waals surface area contributed by atoms with Gasteiger partial charge in [-0.3, -0.25) is 9.59 Å². The largest absolute Gasteiger partial charge is 0.480 e. The van der Waals surface area contributed by atoms with Crippen LogP contribution in [0, 0.1) is 6.92 Å². The predicted molar refractivity (Wildman–Crippen MR) is 127 cm³/mol. The van der Waals surface area contributed by atoms with Gasteiger partial charge >= 0.3 is 0 Å². The second-order valence-corrected chi connectivity index (χ2v) is 8.16. The third-order valence-corrected chi connectivity index (χ3v) is 6.00. The van der Waals surface area contributed by atoms with Crippen LogP contribution in [0.15, 0.2) is 24.3 Å². The molecule has 0 fully saturated rings. The average molecular weight is 473 g/mol. The number of benzene rings is 1. The molecule has 0 saturated carbocycles. The number of fused-ring (bicyclic) bond motifs is 1. The van der Waals surface area contributed by atoms with Gasteiger partial charge in [0.1, 0.15) is 11.4 Å². The lowest BCUT2D eigenvalue weighted by atomic mass is 10.1. The van der Waals surface area contributed by atoms with E-state index in [1.807, 2.05) is 13.8 Å². The number of carbonyl (C=O) groups excluding carboxylic acids is 2. The van der Waals surface area contributed by atoms with Gasteiger partial charge in [-0.25, -0.2) is 4.98 Å². The van der Waals surface area contributed by atoms with E-state index in [1.165, 1.54) is 18.4 Å². The highest BCUT2D eigenvalue weighted by Gasteiger charge is 2.21. The van der Waals surface area contributed by atoms with E-state index in [9.17, 15) is 9.59 Å². The molecular formula is C23H28N4O5S. The standard InChI is InChI=1S/C23H28N4O5S/c1-5-32-11-7-10-24-20(28)15-8-6-9-16(12-15)25-21(29)19-14(2)18-22(31-4)26-17(13-30-3)27-23(18)33-19/h6,8-9,12H,5,7,10-11,13H2,1-4H3,(H,24,28)(H,25,29). The molecule has 2 amide bonds. The molecule has 3 aromatic rings. The number of nitrogens with zero attached hydrogens (tertiary/aromatic N) is 2. The van der Waals surface area contributed by atoms with Gasteiger partial charge in [0, 0.05) is 38.1 Å². The number of methoxy groups -OCH3 is 2. The zero-order valence-electron chi connectivity index (χ0n) is 19.2. The van der Waals surface area contributed by atoms with Gasteiger partial charge in [0.05, 0.1) is 17.4 Å². The maximum Gasteiger partial charge on any atom is 0.266 e. The Morgan fingerprint density at radius 1 is 1.15 bits per heavy atom. The van der Waals surface area contributed by atoms with Crippen LogP contribution in [0.2, 0.25) is 0 Å². The molecule has 176 valence electrons. The number of aromatic nitrogens is 2. The van der Waals surface area contributed by atoms with Crippen molar-refractivity contribution < 1.29 is 23.8 Å². The summed E-state index contributed by atoms with van der Waals surface area (Å²) in [5.41, 5.74) is 1.72. The van der Waals surface area contributed by atoms with Gasteiger partial charge in [0.25, 0.3) is 11.8 Å². The van der Waals surface area contributed by atoms with E-state index in [1.54, 1.807) is 31.4 Å². The van der Waals surface area contributed by atoms with Gasteiger partial charge in [-0.05, 0) is 44.0 Å². The summed E-state index contributed by atoms with van der Waals surface area (Å²) in [6.45, 7) is 5.78. The Kier molecular flexibility index (Phi) is 8.70. The Bertz CT molecular complexity index is 1130. The van der Waals surface area contributed by atoms with E-state index in [4.69, 9.17) is 14.2 Å². The smallest absolute Gasteiger partial charge is 0.266 e. The first kappa shape index (κ1) is 24.6. The van der Waals surface area contributed by atoms with Crippen molar-refractivity contribution in [3.63, 3.8) is 0 Å². The number of amides is 2. The van der Waals surface area contributed by atoms with Crippen LogP contribution in [0.3, 0.4) is 0 Å². The number of nitrogens with one attached hydrogen (secondary N) is 2. The Morgan fingerprint density at radius 2 is 1.97 bits per heavy atom. The molecule has 1 aromatic carbocycles.